The van der Waals surface area contributed by atoms with Gasteiger partial charge in [0.2, 0.25) is 11.8 Å². The van der Waals surface area contributed by atoms with Crippen molar-refractivity contribution in [3.63, 3.8) is 0 Å². The SMILES string of the molecule is O=C1CC[C@@H](Nc2ccc3cc(NCc4cc(OC(F)(F)F)ccc4F)ccc3c2)C(=O)N1. The third-order valence-electron chi connectivity index (χ3n) is 5.15. The summed E-state index contributed by atoms with van der Waals surface area (Å²) in [5.74, 6) is -1.78. The maximum Gasteiger partial charge on any atom is 0.573 e. The second-order valence-electron chi connectivity index (χ2n) is 7.58. The van der Waals surface area contributed by atoms with Crippen molar-refractivity contribution in [3.05, 3.63) is 66.0 Å². The van der Waals surface area contributed by atoms with Gasteiger partial charge in [0.15, 0.2) is 0 Å². The molecule has 4 rings (SSSR count). The molecule has 0 bridgehead atoms. The van der Waals surface area contributed by atoms with Gasteiger partial charge in [0.1, 0.15) is 17.6 Å². The van der Waals surface area contributed by atoms with Gasteiger partial charge in [-0.2, -0.15) is 0 Å². The highest BCUT2D eigenvalue weighted by Gasteiger charge is 2.31. The fourth-order valence-corrected chi connectivity index (χ4v) is 3.56. The maximum absolute atomic E-state index is 14.0. The van der Waals surface area contributed by atoms with Crippen molar-refractivity contribution in [2.45, 2.75) is 31.8 Å². The Morgan fingerprint density at radius 2 is 1.67 bits per heavy atom. The van der Waals surface area contributed by atoms with Crippen molar-refractivity contribution in [2.24, 2.45) is 0 Å². The second kappa shape index (κ2) is 8.97. The van der Waals surface area contributed by atoms with Crippen LogP contribution in [0, 0.1) is 5.82 Å². The number of piperidine rings is 1. The summed E-state index contributed by atoms with van der Waals surface area (Å²) in [6.45, 7) is -0.0401. The summed E-state index contributed by atoms with van der Waals surface area (Å²) < 4.78 is 55.0. The third kappa shape index (κ3) is 5.71. The molecule has 0 aliphatic carbocycles. The van der Waals surface area contributed by atoms with E-state index in [0.29, 0.717) is 12.1 Å². The molecule has 33 heavy (non-hydrogen) atoms. The van der Waals surface area contributed by atoms with Crippen LogP contribution in [-0.4, -0.2) is 24.2 Å². The molecule has 3 aromatic carbocycles. The van der Waals surface area contributed by atoms with Crippen LogP contribution in [0.15, 0.2) is 54.6 Å². The molecule has 172 valence electrons. The number of anilines is 2. The number of ether oxygens (including phenoxy) is 1. The van der Waals surface area contributed by atoms with Gasteiger partial charge in [-0.05, 0) is 59.7 Å². The average molecular weight is 461 g/mol. The lowest BCUT2D eigenvalue weighted by Gasteiger charge is -2.23. The van der Waals surface area contributed by atoms with E-state index in [2.05, 4.69) is 20.7 Å². The highest BCUT2D eigenvalue weighted by atomic mass is 19.4. The van der Waals surface area contributed by atoms with Crippen molar-refractivity contribution in [1.82, 2.24) is 5.32 Å². The Morgan fingerprint density at radius 1 is 0.970 bits per heavy atom. The molecule has 0 aromatic heterocycles. The number of imide groups is 1. The van der Waals surface area contributed by atoms with Crippen molar-refractivity contribution >= 4 is 34.0 Å². The minimum absolute atomic E-state index is 0.0284. The minimum atomic E-state index is -4.85. The first-order valence-electron chi connectivity index (χ1n) is 10.1. The highest BCUT2D eigenvalue weighted by Crippen LogP contribution is 2.27. The van der Waals surface area contributed by atoms with Crippen molar-refractivity contribution in [2.75, 3.05) is 10.6 Å². The van der Waals surface area contributed by atoms with Gasteiger partial charge in [0.05, 0.1) is 0 Å². The Balaban J connectivity index is 1.44. The van der Waals surface area contributed by atoms with Crippen LogP contribution in [0.5, 0.6) is 5.75 Å². The monoisotopic (exact) mass is 461 g/mol. The molecule has 2 amide bonds. The standard InChI is InChI=1S/C23H19F4N3O3/c24-19-6-5-18(33-23(25,26)27)11-15(19)12-28-16-3-1-14-10-17(4-2-13(14)9-16)29-20-7-8-21(31)30-22(20)32/h1-6,9-11,20,28-29H,7-8,12H2,(H,30,31,32)/t20-/m1/s1. The summed E-state index contributed by atoms with van der Waals surface area (Å²) in [5.41, 5.74) is 1.40. The molecule has 10 heteroatoms. The van der Waals surface area contributed by atoms with Crippen LogP contribution >= 0.6 is 0 Å². The quantitative estimate of drug-likeness (QED) is 0.366. The molecule has 1 saturated heterocycles. The first-order chi connectivity index (χ1) is 15.7. The molecule has 1 heterocycles. The number of nitrogens with one attached hydrogen (secondary N) is 3. The Bertz CT molecular complexity index is 1210. The van der Waals surface area contributed by atoms with Crippen LogP contribution in [0.2, 0.25) is 0 Å². The van der Waals surface area contributed by atoms with Gasteiger partial charge < -0.3 is 15.4 Å². The largest absolute Gasteiger partial charge is 0.573 e. The molecule has 0 radical (unpaired) electrons. The number of alkyl halides is 3. The zero-order valence-electron chi connectivity index (χ0n) is 17.1. The Morgan fingerprint density at radius 3 is 2.36 bits per heavy atom. The molecular weight excluding hydrogens is 442 g/mol. The Hall–Kier alpha value is -3.82. The van der Waals surface area contributed by atoms with Gasteiger partial charge >= 0.3 is 6.36 Å². The summed E-state index contributed by atoms with van der Waals surface area (Å²) in [7, 11) is 0. The summed E-state index contributed by atoms with van der Waals surface area (Å²) in [4.78, 5) is 23.2. The number of rotatable bonds is 6. The minimum Gasteiger partial charge on any atom is -0.406 e. The molecule has 3 aromatic rings. The molecule has 1 aliphatic heterocycles. The molecule has 0 saturated carbocycles. The van der Waals surface area contributed by atoms with Crippen molar-refractivity contribution in [3.8, 4) is 5.75 Å². The predicted molar refractivity (Wildman–Crippen MR) is 114 cm³/mol. The predicted octanol–water partition coefficient (Wildman–Crippen LogP) is 4.71. The zero-order chi connectivity index (χ0) is 23.6. The van der Waals surface area contributed by atoms with Crippen LogP contribution in [0.3, 0.4) is 0 Å². The lowest BCUT2D eigenvalue weighted by molar-refractivity contribution is -0.274. The molecule has 1 aliphatic rings. The maximum atomic E-state index is 14.0. The zero-order valence-corrected chi connectivity index (χ0v) is 17.1. The first-order valence-corrected chi connectivity index (χ1v) is 10.1. The molecule has 1 atom stereocenters. The number of carbonyl (C=O) groups is 2. The Kier molecular flexibility index (Phi) is 6.08. The van der Waals surface area contributed by atoms with E-state index in [0.717, 1.165) is 34.7 Å². The molecule has 3 N–H and O–H groups in total. The molecular formula is C23H19F4N3O3. The number of carbonyl (C=O) groups excluding carboxylic acids is 2. The fourth-order valence-electron chi connectivity index (χ4n) is 3.56. The van der Waals surface area contributed by atoms with E-state index in [1.54, 1.807) is 12.1 Å². The van der Waals surface area contributed by atoms with Gasteiger partial charge in [0, 0.05) is 29.9 Å². The lowest BCUT2D eigenvalue weighted by atomic mass is 10.0. The van der Waals surface area contributed by atoms with Crippen LogP contribution in [-0.2, 0) is 16.1 Å². The molecule has 6 nitrogen and oxygen atoms in total. The van der Waals surface area contributed by atoms with Gasteiger partial charge in [-0.1, -0.05) is 12.1 Å². The number of halogens is 4. The number of benzene rings is 3. The topological polar surface area (TPSA) is 79.5 Å². The first kappa shape index (κ1) is 22.4. The normalized spacial score (nSPS) is 16.4. The van der Waals surface area contributed by atoms with Gasteiger partial charge in [-0.15, -0.1) is 13.2 Å². The van der Waals surface area contributed by atoms with E-state index in [9.17, 15) is 27.2 Å². The second-order valence-corrected chi connectivity index (χ2v) is 7.58. The van der Waals surface area contributed by atoms with Gasteiger partial charge in [-0.25, -0.2) is 4.39 Å². The number of hydrogen-bond donors (Lipinski definition) is 3. The summed E-state index contributed by atoms with van der Waals surface area (Å²) in [5, 5.41) is 10.2. The molecule has 1 fully saturated rings. The molecule has 0 spiro atoms. The number of hydrogen-bond acceptors (Lipinski definition) is 5. The summed E-state index contributed by atoms with van der Waals surface area (Å²) in [6, 6.07) is 13.3. The number of fused-ring (bicyclic) bond motifs is 1. The lowest BCUT2D eigenvalue weighted by Crippen LogP contribution is -2.47. The highest BCUT2D eigenvalue weighted by molar-refractivity contribution is 6.01. The van der Waals surface area contributed by atoms with E-state index in [-0.39, 0.29) is 30.3 Å². The van der Waals surface area contributed by atoms with E-state index in [1.165, 1.54) is 0 Å². The summed E-state index contributed by atoms with van der Waals surface area (Å²) in [6.07, 6.45) is -4.16. The van der Waals surface area contributed by atoms with Crippen LogP contribution in [0.25, 0.3) is 10.8 Å². The van der Waals surface area contributed by atoms with Crippen LogP contribution in [0.1, 0.15) is 18.4 Å². The Labute approximate surface area is 185 Å². The van der Waals surface area contributed by atoms with Crippen molar-refractivity contribution in [1.29, 1.82) is 0 Å². The van der Waals surface area contributed by atoms with E-state index in [1.807, 2.05) is 24.3 Å². The fraction of sp³-hybridized carbons (Fsp3) is 0.217. The van der Waals surface area contributed by atoms with Crippen LogP contribution < -0.4 is 20.7 Å². The van der Waals surface area contributed by atoms with Crippen LogP contribution in [0.4, 0.5) is 28.9 Å². The molecule has 0 unspecified atom stereocenters. The smallest absolute Gasteiger partial charge is 0.406 e. The van der Waals surface area contributed by atoms with Crippen molar-refractivity contribution < 1.29 is 31.9 Å². The number of amides is 2. The van der Waals surface area contributed by atoms with E-state index < -0.39 is 24.0 Å². The van der Waals surface area contributed by atoms with E-state index in [4.69, 9.17) is 0 Å². The average Bonchev–Trinajstić information content (AvgIpc) is 2.75. The summed E-state index contributed by atoms with van der Waals surface area (Å²) >= 11 is 0. The van der Waals surface area contributed by atoms with Gasteiger partial charge in [-0.3, -0.25) is 14.9 Å². The third-order valence-corrected chi connectivity index (χ3v) is 5.15. The van der Waals surface area contributed by atoms with Gasteiger partial charge in [0.25, 0.3) is 0 Å². The van der Waals surface area contributed by atoms with E-state index >= 15 is 0 Å².